The fraction of sp³-hybridized carbons (Fsp3) is 0.571. The van der Waals surface area contributed by atoms with Gasteiger partial charge in [0, 0.05) is 13.5 Å². The van der Waals surface area contributed by atoms with Crippen LogP contribution < -0.4 is 0 Å². The Balaban J connectivity index is 4.30. The van der Waals surface area contributed by atoms with Crippen LogP contribution in [0.4, 0.5) is 4.79 Å². The van der Waals surface area contributed by atoms with E-state index in [2.05, 4.69) is 5.92 Å². The van der Waals surface area contributed by atoms with Crippen LogP contribution in [-0.2, 0) is 14.3 Å². The second-order valence-corrected chi connectivity index (χ2v) is 4.84. The molecular formula is C14H21NO4. The third kappa shape index (κ3) is 9.72. The van der Waals surface area contributed by atoms with E-state index in [1.807, 2.05) is 0 Å². The molecule has 0 unspecified atom stereocenters. The Morgan fingerprint density at radius 2 is 1.95 bits per heavy atom. The molecule has 0 saturated carbocycles. The number of rotatable bonds is 5. The van der Waals surface area contributed by atoms with E-state index < -0.39 is 11.7 Å². The summed E-state index contributed by atoms with van der Waals surface area (Å²) in [7, 11) is 0. The monoisotopic (exact) mass is 267 g/mol. The summed E-state index contributed by atoms with van der Waals surface area (Å²) in [6.45, 7) is 7.33. The van der Waals surface area contributed by atoms with Gasteiger partial charge in [-0.2, -0.15) is 0 Å². The number of hydrogen-bond donors (Lipinski definition) is 0. The zero-order valence-electron chi connectivity index (χ0n) is 11.9. The lowest BCUT2D eigenvalue weighted by Crippen LogP contribution is -2.37. The topological polar surface area (TPSA) is 55.8 Å². The maximum Gasteiger partial charge on any atom is 0.411 e. The minimum atomic E-state index is -0.564. The molecule has 0 aliphatic rings. The molecule has 0 radical (unpaired) electrons. The predicted octanol–water partition coefficient (Wildman–Crippen LogP) is 1.98. The lowest BCUT2D eigenvalue weighted by molar-refractivity contribution is -0.139. The van der Waals surface area contributed by atoms with E-state index in [4.69, 9.17) is 15.9 Å². The summed E-state index contributed by atoms with van der Waals surface area (Å²) in [5, 5.41) is 0. The van der Waals surface area contributed by atoms with E-state index in [9.17, 15) is 9.59 Å². The normalized spacial score (nSPS) is 10.9. The Labute approximate surface area is 114 Å². The fourth-order valence-corrected chi connectivity index (χ4v) is 1.08. The van der Waals surface area contributed by atoms with Gasteiger partial charge in [-0.05, 0) is 26.8 Å². The summed E-state index contributed by atoms with van der Waals surface area (Å²) in [4.78, 5) is 23.7. The first-order chi connectivity index (χ1) is 8.76. The number of nitrogens with zero attached hydrogens (tertiary/aromatic N) is 1. The molecule has 0 saturated heterocycles. The standard InChI is InChI=1S/C14H21NO4/c1-6-9-15(13(17)19-14(3,4)5)10-7-8-11-18-12(2)16/h1,7-8H,9-11H2,2-5H3/b8-7+. The molecule has 0 bridgehead atoms. The molecule has 1 amide bonds. The quantitative estimate of drug-likeness (QED) is 0.434. The van der Waals surface area contributed by atoms with Crippen molar-refractivity contribution < 1.29 is 19.1 Å². The molecular weight excluding hydrogens is 246 g/mol. The summed E-state index contributed by atoms with van der Waals surface area (Å²) in [6.07, 6.45) is 8.09. The minimum absolute atomic E-state index is 0.160. The van der Waals surface area contributed by atoms with Crippen LogP contribution in [0.5, 0.6) is 0 Å². The van der Waals surface area contributed by atoms with Gasteiger partial charge in [0.2, 0.25) is 0 Å². The van der Waals surface area contributed by atoms with Crippen LogP contribution in [0.2, 0.25) is 0 Å². The Hall–Kier alpha value is -1.96. The fourth-order valence-electron chi connectivity index (χ4n) is 1.08. The summed E-state index contributed by atoms with van der Waals surface area (Å²) < 4.78 is 9.94. The molecule has 19 heavy (non-hydrogen) atoms. The maximum absolute atomic E-state index is 11.8. The third-order valence-electron chi connectivity index (χ3n) is 1.81. The van der Waals surface area contributed by atoms with Crippen molar-refractivity contribution in [1.82, 2.24) is 4.90 Å². The van der Waals surface area contributed by atoms with Crippen molar-refractivity contribution in [2.24, 2.45) is 0 Å². The molecule has 0 fully saturated rings. The average molecular weight is 267 g/mol. The van der Waals surface area contributed by atoms with E-state index in [1.54, 1.807) is 32.9 Å². The van der Waals surface area contributed by atoms with Crippen molar-refractivity contribution in [2.45, 2.75) is 33.3 Å². The molecule has 0 aromatic rings. The smallest absolute Gasteiger partial charge is 0.411 e. The molecule has 5 heteroatoms. The molecule has 0 aliphatic heterocycles. The third-order valence-corrected chi connectivity index (χ3v) is 1.81. The first kappa shape index (κ1) is 17.0. The van der Waals surface area contributed by atoms with Gasteiger partial charge in [0.25, 0.3) is 0 Å². The molecule has 0 rings (SSSR count). The van der Waals surface area contributed by atoms with Gasteiger partial charge in [-0.3, -0.25) is 9.69 Å². The van der Waals surface area contributed by atoms with Gasteiger partial charge in [-0.25, -0.2) is 4.79 Å². The van der Waals surface area contributed by atoms with Gasteiger partial charge in [0.15, 0.2) is 0 Å². The van der Waals surface area contributed by atoms with Crippen molar-refractivity contribution in [2.75, 3.05) is 19.7 Å². The summed E-state index contributed by atoms with van der Waals surface area (Å²) in [6, 6.07) is 0. The van der Waals surface area contributed by atoms with Crippen molar-refractivity contribution in [3.8, 4) is 12.3 Å². The van der Waals surface area contributed by atoms with Gasteiger partial charge in [0.05, 0.1) is 6.54 Å². The van der Waals surface area contributed by atoms with Gasteiger partial charge in [-0.1, -0.05) is 12.0 Å². The van der Waals surface area contributed by atoms with Crippen LogP contribution in [-0.4, -0.2) is 42.3 Å². The number of terminal acetylenes is 1. The molecule has 0 heterocycles. The second kappa shape index (κ2) is 8.20. The highest BCUT2D eigenvalue weighted by Gasteiger charge is 2.20. The molecule has 0 spiro atoms. The van der Waals surface area contributed by atoms with E-state index >= 15 is 0 Å². The van der Waals surface area contributed by atoms with E-state index in [0.29, 0.717) is 6.54 Å². The maximum atomic E-state index is 11.8. The number of esters is 1. The zero-order chi connectivity index (χ0) is 14.9. The largest absolute Gasteiger partial charge is 0.462 e. The van der Waals surface area contributed by atoms with Crippen molar-refractivity contribution in [3.05, 3.63) is 12.2 Å². The van der Waals surface area contributed by atoms with E-state index in [1.165, 1.54) is 11.8 Å². The first-order valence-corrected chi connectivity index (χ1v) is 5.96. The van der Waals surface area contributed by atoms with Crippen molar-refractivity contribution >= 4 is 12.1 Å². The highest BCUT2D eigenvalue weighted by molar-refractivity contribution is 5.68. The minimum Gasteiger partial charge on any atom is -0.462 e. The molecule has 106 valence electrons. The summed E-state index contributed by atoms with van der Waals surface area (Å²) >= 11 is 0. The average Bonchev–Trinajstić information content (AvgIpc) is 2.24. The number of amides is 1. The Morgan fingerprint density at radius 1 is 1.32 bits per heavy atom. The lowest BCUT2D eigenvalue weighted by atomic mass is 10.2. The summed E-state index contributed by atoms with van der Waals surface area (Å²) in [5.74, 6) is 2.05. The molecule has 0 aromatic carbocycles. The number of carbonyl (C=O) groups is 2. The first-order valence-electron chi connectivity index (χ1n) is 5.96. The highest BCUT2D eigenvalue weighted by atomic mass is 16.6. The number of ether oxygens (including phenoxy) is 2. The van der Waals surface area contributed by atoms with Crippen LogP contribution in [0.25, 0.3) is 0 Å². The lowest BCUT2D eigenvalue weighted by Gasteiger charge is -2.25. The number of hydrogen-bond acceptors (Lipinski definition) is 4. The molecule has 5 nitrogen and oxygen atoms in total. The molecule has 0 aromatic heterocycles. The van der Waals surface area contributed by atoms with Gasteiger partial charge in [-0.15, -0.1) is 6.42 Å². The zero-order valence-corrected chi connectivity index (χ0v) is 11.9. The molecule has 0 aliphatic carbocycles. The van der Waals surface area contributed by atoms with Gasteiger partial charge in [0.1, 0.15) is 12.2 Å². The van der Waals surface area contributed by atoms with Crippen molar-refractivity contribution in [1.29, 1.82) is 0 Å². The van der Waals surface area contributed by atoms with Gasteiger partial charge >= 0.3 is 12.1 Å². The summed E-state index contributed by atoms with van der Waals surface area (Å²) in [5.41, 5.74) is -0.564. The predicted molar refractivity (Wildman–Crippen MR) is 72.4 cm³/mol. The van der Waals surface area contributed by atoms with Crippen LogP contribution >= 0.6 is 0 Å². The SMILES string of the molecule is C#CCN(C/C=C/COC(C)=O)C(=O)OC(C)(C)C. The highest BCUT2D eigenvalue weighted by Crippen LogP contribution is 2.09. The van der Waals surface area contributed by atoms with Crippen LogP contribution in [0.15, 0.2) is 12.2 Å². The molecule has 0 atom stereocenters. The Morgan fingerprint density at radius 3 is 2.42 bits per heavy atom. The van der Waals surface area contributed by atoms with E-state index in [-0.39, 0.29) is 19.1 Å². The van der Waals surface area contributed by atoms with Crippen LogP contribution in [0, 0.1) is 12.3 Å². The second-order valence-electron chi connectivity index (χ2n) is 4.84. The van der Waals surface area contributed by atoms with E-state index in [0.717, 1.165) is 0 Å². The van der Waals surface area contributed by atoms with Crippen LogP contribution in [0.3, 0.4) is 0 Å². The van der Waals surface area contributed by atoms with Gasteiger partial charge < -0.3 is 9.47 Å². The molecule has 0 N–H and O–H groups in total. The van der Waals surface area contributed by atoms with Crippen molar-refractivity contribution in [3.63, 3.8) is 0 Å². The van der Waals surface area contributed by atoms with Crippen LogP contribution in [0.1, 0.15) is 27.7 Å². The Bertz CT molecular complexity index is 374. The Kier molecular flexibility index (Phi) is 7.35. The number of carbonyl (C=O) groups excluding carboxylic acids is 2.